The van der Waals surface area contributed by atoms with E-state index < -0.39 is 67.4 Å². The fourth-order valence-corrected chi connectivity index (χ4v) is 2.68. The average molecular weight is 402 g/mol. The monoisotopic (exact) mass is 402 g/mol. The Morgan fingerprint density at radius 3 is 2.18 bits per heavy atom. The van der Waals surface area contributed by atoms with E-state index in [9.17, 15) is 34.2 Å². The molecular weight excluding hydrogens is 376 g/mol. The molecule has 5 amide bonds. The molecule has 3 atom stereocenters. The zero-order valence-electron chi connectivity index (χ0n) is 15.2. The summed E-state index contributed by atoms with van der Waals surface area (Å²) < 4.78 is 0. The Hall–Kier alpha value is -2.77. The third kappa shape index (κ3) is 6.44. The van der Waals surface area contributed by atoms with Crippen LogP contribution in [0.5, 0.6) is 0 Å². The minimum Gasteiger partial charge on any atom is -0.394 e. The first kappa shape index (κ1) is 23.3. The van der Waals surface area contributed by atoms with Crippen molar-refractivity contribution in [1.29, 1.82) is 0 Å². The molecule has 28 heavy (non-hydrogen) atoms. The summed E-state index contributed by atoms with van der Waals surface area (Å²) in [6.45, 7) is -1.96. The highest BCUT2D eigenvalue weighted by Crippen LogP contribution is 2.17. The molecule has 0 aromatic heterocycles. The van der Waals surface area contributed by atoms with E-state index >= 15 is 0 Å². The van der Waals surface area contributed by atoms with E-state index in [1.807, 2.05) is 0 Å². The summed E-state index contributed by atoms with van der Waals surface area (Å²) in [4.78, 5) is 60.2. The number of carbonyl (C=O) groups is 5. The van der Waals surface area contributed by atoms with Crippen LogP contribution in [0.2, 0.25) is 0 Å². The van der Waals surface area contributed by atoms with Crippen molar-refractivity contribution in [2.24, 2.45) is 11.5 Å². The molecule has 1 rings (SSSR count). The van der Waals surface area contributed by atoms with Crippen LogP contribution in [0.3, 0.4) is 0 Å². The lowest BCUT2D eigenvalue weighted by molar-refractivity contribution is -0.139. The molecule has 3 unspecified atom stereocenters. The number of nitrogens with zero attached hydrogens (tertiary/aromatic N) is 1. The number of aliphatic hydroxyl groups is 2. The predicted octanol–water partition coefficient (Wildman–Crippen LogP) is -5.51. The van der Waals surface area contributed by atoms with E-state index in [0.717, 1.165) is 0 Å². The molecule has 0 aliphatic carbocycles. The Morgan fingerprint density at radius 1 is 1.04 bits per heavy atom. The van der Waals surface area contributed by atoms with Gasteiger partial charge in [-0.25, -0.2) is 0 Å². The largest absolute Gasteiger partial charge is 0.394 e. The molecule has 0 aromatic rings. The van der Waals surface area contributed by atoms with Crippen molar-refractivity contribution in [3.63, 3.8) is 0 Å². The van der Waals surface area contributed by atoms with Crippen LogP contribution >= 0.6 is 0 Å². The summed E-state index contributed by atoms with van der Waals surface area (Å²) in [5.41, 5.74) is 10.2. The summed E-state index contributed by atoms with van der Waals surface area (Å²) in [6.07, 6.45) is 0.971. The standard InChI is InChI=1S/C15H26N6O7/c16-4-12(25)21-3-1-2-10(21)15(28)20-9(7-23)14(27)19-8(6-22)13(26)18-5-11(17)24/h8-10,22-23H,1-7,16H2,(H2,17,24)(H,18,26)(H,19,27)(H,20,28). The fourth-order valence-electron chi connectivity index (χ4n) is 2.68. The number of carbonyl (C=O) groups excluding carboxylic acids is 5. The van der Waals surface area contributed by atoms with E-state index in [4.69, 9.17) is 11.5 Å². The molecule has 0 spiro atoms. The van der Waals surface area contributed by atoms with Crippen molar-refractivity contribution in [2.45, 2.75) is 31.0 Å². The van der Waals surface area contributed by atoms with Crippen molar-refractivity contribution >= 4 is 29.5 Å². The van der Waals surface area contributed by atoms with Gasteiger partial charge in [0.15, 0.2) is 0 Å². The number of hydrogen-bond donors (Lipinski definition) is 7. The molecule has 0 bridgehead atoms. The molecule has 13 heteroatoms. The fraction of sp³-hybridized carbons (Fsp3) is 0.667. The molecule has 0 aromatic carbocycles. The van der Waals surface area contributed by atoms with Crippen LogP contribution in [0.1, 0.15) is 12.8 Å². The first-order chi connectivity index (χ1) is 13.2. The molecule has 1 aliphatic heterocycles. The maximum absolute atomic E-state index is 12.4. The number of amides is 5. The number of rotatable bonds is 10. The van der Waals surface area contributed by atoms with Gasteiger partial charge >= 0.3 is 0 Å². The van der Waals surface area contributed by atoms with E-state index in [0.29, 0.717) is 19.4 Å². The molecule has 1 aliphatic rings. The quantitative estimate of drug-likeness (QED) is 0.186. The van der Waals surface area contributed by atoms with E-state index in [1.165, 1.54) is 4.90 Å². The lowest BCUT2D eigenvalue weighted by atomic mass is 10.1. The van der Waals surface area contributed by atoms with Gasteiger partial charge in [0.2, 0.25) is 29.5 Å². The second-order valence-electron chi connectivity index (χ2n) is 6.12. The molecule has 1 heterocycles. The summed E-state index contributed by atoms with van der Waals surface area (Å²) in [7, 11) is 0. The van der Waals surface area contributed by atoms with Crippen molar-refractivity contribution in [1.82, 2.24) is 20.9 Å². The second-order valence-corrected chi connectivity index (χ2v) is 6.12. The van der Waals surface area contributed by atoms with Crippen LogP contribution in [-0.4, -0.2) is 95.6 Å². The number of likely N-dealkylation sites (tertiary alicyclic amines) is 1. The highest BCUT2D eigenvalue weighted by atomic mass is 16.3. The molecule has 13 nitrogen and oxygen atoms in total. The predicted molar refractivity (Wildman–Crippen MR) is 94.0 cm³/mol. The smallest absolute Gasteiger partial charge is 0.245 e. The molecule has 0 radical (unpaired) electrons. The van der Waals surface area contributed by atoms with E-state index in [2.05, 4.69) is 16.0 Å². The Bertz CT molecular complexity index is 614. The topological polar surface area (TPSA) is 217 Å². The maximum Gasteiger partial charge on any atom is 0.245 e. The lowest BCUT2D eigenvalue weighted by Crippen LogP contribution is -2.58. The second kappa shape index (κ2) is 11.2. The van der Waals surface area contributed by atoms with Gasteiger partial charge in [0.25, 0.3) is 0 Å². The van der Waals surface area contributed by atoms with Crippen molar-refractivity contribution in [3.05, 3.63) is 0 Å². The van der Waals surface area contributed by atoms with Crippen molar-refractivity contribution in [3.8, 4) is 0 Å². The maximum atomic E-state index is 12.4. The average Bonchev–Trinajstić information content (AvgIpc) is 3.17. The van der Waals surface area contributed by atoms with Crippen LogP contribution < -0.4 is 27.4 Å². The third-order valence-corrected chi connectivity index (χ3v) is 4.12. The normalized spacial score (nSPS) is 18.1. The van der Waals surface area contributed by atoms with E-state index in [-0.39, 0.29) is 6.54 Å². The van der Waals surface area contributed by atoms with Crippen LogP contribution in [-0.2, 0) is 24.0 Å². The SMILES string of the molecule is NCC(=O)N1CCCC1C(=O)NC(CO)C(=O)NC(CO)C(=O)NCC(N)=O. The van der Waals surface area contributed by atoms with Gasteiger partial charge < -0.3 is 42.5 Å². The Morgan fingerprint density at radius 2 is 1.64 bits per heavy atom. The minimum atomic E-state index is -1.42. The van der Waals surface area contributed by atoms with Crippen LogP contribution in [0, 0.1) is 0 Å². The first-order valence-electron chi connectivity index (χ1n) is 8.63. The highest BCUT2D eigenvalue weighted by Gasteiger charge is 2.35. The van der Waals surface area contributed by atoms with Gasteiger partial charge in [0.05, 0.1) is 26.3 Å². The van der Waals surface area contributed by atoms with Gasteiger partial charge in [0.1, 0.15) is 18.1 Å². The van der Waals surface area contributed by atoms with Crippen LogP contribution in [0.15, 0.2) is 0 Å². The Labute approximate surface area is 160 Å². The summed E-state index contributed by atoms with van der Waals surface area (Å²) >= 11 is 0. The third-order valence-electron chi connectivity index (χ3n) is 4.12. The number of nitrogens with one attached hydrogen (secondary N) is 3. The van der Waals surface area contributed by atoms with E-state index in [1.54, 1.807) is 0 Å². The number of hydrogen-bond acceptors (Lipinski definition) is 8. The molecule has 9 N–H and O–H groups in total. The summed E-state index contributed by atoms with van der Waals surface area (Å²) in [6, 6.07) is -3.65. The first-order valence-corrected chi connectivity index (χ1v) is 8.63. The number of nitrogens with two attached hydrogens (primary N) is 2. The highest BCUT2D eigenvalue weighted by molar-refractivity contribution is 5.95. The number of primary amides is 1. The molecule has 1 fully saturated rings. The molecular formula is C15H26N6O7. The Kier molecular flexibility index (Phi) is 9.27. The van der Waals surface area contributed by atoms with Crippen molar-refractivity contribution < 1.29 is 34.2 Å². The van der Waals surface area contributed by atoms with Gasteiger partial charge in [0, 0.05) is 6.54 Å². The van der Waals surface area contributed by atoms with Crippen LogP contribution in [0.4, 0.5) is 0 Å². The molecule has 158 valence electrons. The van der Waals surface area contributed by atoms with Crippen LogP contribution in [0.25, 0.3) is 0 Å². The van der Waals surface area contributed by atoms with Gasteiger partial charge in [-0.05, 0) is 12.8 Å². The molecule has 1 saturated heterocycles. The van der Waals surface area contributed by atoms with Gasteiger partial charge in [-0.1, -0.05) is 0 Å². The van der Waals surface area contributed by atoms with Crippen molar-refractivity contribution in [2.75, 3.05) is 32.8 Å². The van der Waals surface area contributed by atoms with Gasteiger partial charge in [-0.15, -0.1) is 0 Å². The Balaban J connectivity index is 2.69. The zero-order valence-corrected chi connectivity index (χ0v) is 15.2. The van der Waals surface area contributed by atoms with Gasteiger partial charge in [-0.2, -0.15) is 0 Å². The zero-order chi connectivity index (χ0) is 21.3. The summed E-state index contributed by atoms with van der Waals surface area (Å²) in [5.74, 6) is -3.67. The number of aliphatic hydroxyl groups excluding tert-OH is 2. The molecule has 0 saturated carbocycles. The van der Waals surface area contributed by atoms with Gasteiger partial charge in [-0.3, -0.25) is 24.0 Å². The lowest BCUT2D eigenvalue weighted by Gasteiger charge is -2.26. The summed E-state index contributed by atoms with van der Waals surface area (Å²) in [5, 5.41) is 25.2. The minimum absolute atomic E-state index is 0.258.